The van der Waals surface area contributed by atoms with E-state index < -0.39 is 0 Å². The molecule has 0 aromatic heterocycles. The third-order valence-corrected chi connectivity index (χ3v) is 5.76. The number of allylic oxidation sites excluding steroid dienone is 2. The molecule has 2 atom stereocenters. The highest BCUT2D eigenvalue weighted by Crippen LogP contribution is 2.61. The van der Waals surface area contributed by atoms with Crippen LogP contribution in [0.1, 0.15) is 51.4 Å². The number of hydrogen-bond acceptors (Lipinski definition) is 0. The highest BCUT2D eigenvalue weighted by Gasteiger charge is 2.55. The van der Waals surface area contributed by atoms with E-state index in [0.717, 1.165) is 0 Å². The number of rotatable bonds is 0. The van der Waals surface area contributed by atoms with Gasteiger partial charge in [-0.15, -0.1) is 12.8 Å². The highest BCUT2D eigenvalue weighted by molar-refractivity contribution is 5.35. The summed E-state index contributed by atoms with van der Waals surface area (Å²) in [4.78, 5) is 0. The van der Waals surface area contributed by atoms with Crippen LogP contribution in [0.15, 0.2) is 12.2 Å². The molecule has 2 bridgehead atoms. The average molecular weight is 238 g/mol. The maximum absolute atomic E-state index is 5.90. The lowest BCUT2D eigenvalue weighted by atomic mass is 9.47. The molecule has 0 heteroatoms. The van der Waals surface area contributed by atoms with Gasteiger partial charge in [0.25, 0.3) is 0 Å². The van der Waals surface area contributed by atoms with Crippen LogP contribution in [0.25, 0.3) is 0 Å². The van der Waals surface area contributed by atoms with Crippen LogP contribution < -0.4 is 0 Å². The monoisotopic (exact) mass is 238 g/mol. The van der Waals surface area contributed by atoms with Crippen molar-refractivity contribution in [2.45, 2.75) is 51.4 Å². The molecule has 18 heavy (non-hydrogen) atoms. The molecular weight excluding hydrogens is 216 g/mol. The molecule has 2 saturated carbocycles. The van der Waals surface area contributed by atoms with Crippen molar-refractivity contribution in [1.82, 2.24) is 0 Å². The van der Waals surface area contributed by atoms with Gasteiger partial charge in [0.05, 0.1) is 0 Å². The van der Waals surface area contributed by atoms with Crippen molar-refractivity contribution in [3.63, 3.8) is 0 Å². The Balaban J connectivity index is 2.08. The van der Waals surface area contributed by atoms with Crippen molar-refractivity contribution in [3.8, 4) is 24.7 Å². The second-order valence-corrected chi connectivity index (χ2v) is 6.40. The molecule has 0 heterocycles. The highest BCUT2D eigenvalue weighted by atomic mass is 14.6. The van der Waals surface area contributed by atoms with Crippen LogP contribution in [-0.4, -0.2) is 0 Å². The van der Waals surface area contributed by atoms with Crippen molar-refractivity contribution < 1.29 is 0 Å². The van der Waals surface area contributed by atoms with Crippen molar-refractivity contribution in [3.05, 3.63) is 12.2 Å². The Morgan fingerprint density at radius 1 is 0.944 bits per heavy atom. The summed E-state index contributed by atoms with van der Waals surface area (Å²) in [6, 6.07) is 0. The second-order valence-electron chi connectivity index (χ2n) is 6.40. The van der Waals surface area contributed by atoms with Gasteiger partial charge in [-0.2, -0.15) is 0 Å². The zero-order chi connectivity index (χ0) is 12.6. The summed E-state index contributed by atoms with van der Waals surface area (Å²) in [6.45, 7) is 0. The Bertz CT molecular complexity index is 420. The van der Waals surface area contributed by atoms with E-state index in [-0.39, 0.29) is 5.41 Å². The molecule has 94 valence electrons. The van der Waals surface area contributed by atoms with E-state index >= 15 is 0 Å². The Labute approximate surface area is 111 Å². The van der Waals surface area contributed by atoms with Crippen molar-refractivity contribution in [1.29, 1.82) is 0 Å². The first-order valence-electron chi connectivity index (χ1n) is 7.42. The largest absolute Gasteiger partial charge is 0.118 e. The van der Waals surface area contributed by atoms with E-state index in [1.54, 1.807) is 0 Å². The predicted octanol–water partition coefficient (Wildman–Crippen LogP) is 4.18. The maximum Gasteiger partial charge on any atom is 0.101 e. The Morgan fingerprint density at radius 2 is 1.67 bits per heavy atom. The third kappa shape index (κ3) is 1.42. The first-order chi connectivity index (χ1) is 8.77. The van der Waals surface area contributed by atoms with E-state index in [2.05, 4.69) is 24.0 Å². The summed E-state index contributed by atoms with van der Waals surface area (Å²) in [7, 11) is 0. The number of terminal acetylenes is 2. The molecule has 0 aromatic rings. The standard InChI is InChI=1S/C18H22/c1-3-18(4-2)15-9-8-10-16(18)17(14-11-15)12-6-5-7-13-17/h1-2,11,14-16H,5-10,12-13H2. The average Bonchev–Trinajstić information content (AvgIpc) is 2.44. The second kappa shape index (κ2) is 4.20. The van der Waals surface area contributed by atoms with Crippen LogP contribution >= 0.6 is 0 Å². The Morgan fingerprint density at radius 3 is 2.33 bits per heavy atom. The van der Waals surface area contributed by atoms with E-state index in [4.69, 9.17) is 12.8 Å². The lowest BCUT2D eigenvalue weighted by molar-refractivity contribution is 0.0217. The first kappa shape index (κ1) is 11.9. The van der Waals surface area contributed by atoms with E-state index in [1.807, 2.05) is 0 Å². The van der Waals surface area contributed by atoms with E-state index in [9.17, 15) is 0 Å². The lowest BCUT2D eigenvalue weighted by Gasteiger charge is -2.55. The first-order valence-corrected chi connectivity index (χ1v) is 7.42. The molecular formula is C18H22. The normalized spacial score (nSPS) is 35.7. The van der Waals surface area contributed by atoms with Crippen LogP contribution in [0.2, 0.25) is 0 Å². The molecule has 0 N–H and O–H groups in total. The van der Waals surface area contributed by atoms with Crippen LogP contribution in [-0.2, 0) is 0 Å². The molecule has 3 rings (SSSR count). The molecule has 2 unspecified atom stereocenters. The van der Waals surface area contributed by atoms with Crippen molar-refractivity contribution in [2.24, 2.45) is 22.7 Å². The van der Waals surface area contributed by atoms with Crippen LogP contribution in [0, 0.1) is 47.4 Å². The predicted molar refractivity (Wildman–Crippen MR) is 75.6 cm³/mol. The SMILES string of the molecule is C#CC1(C#C)C2C=CC3(CCCCC3)C1CCC2. The van der Waals surface area contributed by atoms with Gasteiger partial charge in [-0.05, 0) is 37.0 Å². The van der Waals surface area contributed by atoms with Gasteiger partial charge < -0.3 is 0 Å². The van der Waals surface area contributed by atoms with Gasteiger partial charge in [-0.3, -0.25) is 0 Å². The summed E-state index contributed by atoms with van der Waals surface area (Å²) in [5, 5.41) is 0. The van der Waals surface area contributed by atoms with Gasteiger partial charge in [-0.1, -0.05) is 49.7 Å². The summed E-state index contributed by atoms with van der Waals surface area (Å²) in [6.07, 6.45) is 27.1. The lowest BCUT2D eigenvalue weighted by Crippen LogP contribution is -2.50. The van der Waals surface area contributed by atoms with Gasteiger partial charge in [0.2, 0.25) is 0 Å². The fraction of sp³-hybridized carbons (Fsp3) is 0.667. The minimum absolute atomic E-state index is 0.287. The minimum Gasteiger partial charge on any atom is -0.118 e. The summed E-state index contributed by atoms with van der Waals surface area (Å²) < 4.78 is 0. The van der Waals surface area contributed by atoms with Crippen LogP contribution in [0.3, 0.4) is 0 Å². The van der Waals surface area contributed by atoms with Gasteiger partial charge in [0.15, 0.2) is 0 Å². The van der Waals surface area contributed by atoms with E-state index in [0.29, 0.717) is 17.3 Å². The molecule has 1 spiro atoms. The van der Waals surface area contributed by atoms with E-state index in [1.165, 1.54) is 51.4 Å². The molecule has 0 aliphatic heterocycles. The molecule has 0 nitrogen and oxygen atoms in total. The minimum atomic E-state index is -0.287. The zero-order valence-corrected chi connectivity index (χ0v) is 11.1. The van der Waals surface area contributed by atoms with Gasteiger partial charge in [0, 0.05) is 5.92 Å². The summed E-state index contributed by atoms with van der Waals surface area (Å²) in [5.41, 5.74) is 0.0399. The van der Waals surface area contributed by atoms with Gasteiger partial charge in [-0.25, -0.2) is 0 Å². The molecule has 3 aliphatic carbocycles. The molecule has 0 saturated heterocycles. The summed E-state index contributed by atoms with van der Waals surface area (Å²) >= 11 is 0. The number of hydrogen-bond donors (Lipinski definition) is 0. The third-order valence-electron chi connectivity index (χ3n) is 5.76. The van der Waals surface area contributed by atoms with Gasteiger partial charge >= 0.3 is 0 Å². The smallest absolute Gasteiger partial charge is 0.101 e. The molecule has 0 radical (unpaired) electrons. The van der Waals surface area contributed by atoms with Crippen LogP contribution in [0.5, 0.6) is 0 Å². The quantitative estimate of drug-likeness (QED) is 0.439. The summed E-state index contributed by atoms with van der Waals surface area (Å²) in [5.74, 6) is 7.07. The molecule has 0 aromatic carbocycles. The maximum atomic E-state index is 5.90. The molecule has 3 aliphatic rings. The van der Waals surface area contributed by atoms with Crippen molar-refractivity contribution >= 4 is 0 Å². The Kier molecular flexibility index (Phi) is 2.79. The topological polar surface area (TPSA) is 0 Å². The zero-order valence-electron chi connectivity index (χ0n) is 11.1. The fourth-order valence-corrected chi connectivity index (χ4v) is 4.85. The number of fused-ring (bicyclic) bond motifs is 3. The van der Waals surface area contributed by atoms with Gasteiger partial charge in [0.1, 0.15) is 5.41 Å². The van der Waals surface area contributed by atoms with Crippen molar-refractivity contribution in [2.75, 3.05) is 0 Å². The fourth-order valence-electron chi connectivity index (χ4n) is 4.85. The molecule has 2 fully saturated rings. The molecule has 0 amide bonds. The van der Waals surface area contributed by atoms with Crippen LogP contribution in [0.4, 0.5) is 0 Å². The Hall–Kier alpha value is -1.14.